The van der Waals surface area contributed by atoms with Crippen LogP contribution in [0.3, 0.4) is 0 Å². The number of halogens is 1. The molecule has 10 heteroatoms. The second kappa shape index (κ2) is 16.9. The number of nitrogens with zero attached hydrogens (tertiary/aromatic N) is 1. The zero-order chi connectivity index (χ0) is 29.8. The van der Waals surface area contributed by atoms with Gasteiger partial charge in [-0.1, -0.05) is 31.8 Å². The van der Waals surface area contributed by atoms with Gasteiger partial charge in [0.2, 0.25) is 11.8 Å². The lowest BCUT2D eigenvalue weighted by Crippen LogP contribution is -2.58. The SMILES string of the molecule is C=CCCCCC(=O)N(C1CCCCCC1)C1CC(C(=O)NCCO)=CC(Oc2c(I)cc(C=O)cc2OC)C1O. The second-order valence-electron chi connectivity index (χ2n) is 10.6. The molecule has 1 saturated carbocycles. The van der Waals surface area contributed by atoms with Crippen molar-refractivity contribution in [1.82, 2.24) is 10.2 Å². The quantitative estimate of drug-likeness (QED) is 0.0878. The summed E-state index contributed by atoms with van der Waals surface area (Å²) in [6.45, 7) is 3.65. The first-order valence-electron chi connectivity index (χ1n) is 14.5. The molecule has 3 rings (SSSR count). The zero-order valence-electron chi connectivity index (χ0n) is 23.9. The van der Waals surface area contributed by atoms with Gasteiger partial charge in [-0.05, 0) is 72.9 Å². The van der Waals surface area contributed by atoms with Crippen LogP contribution in [0, 0.1) is 3.57 Å². The predicted molar refractivity (Wildman–Crippen MR) is 165 cm³/mol. The smallest absolute Gasteiger partial charge is 0.247 e. The molecule has 3 N–H and O–H groups in total. The summed E-state index contributed by atoms with van der Waals surface area (Å²) in [6, 6.07) is 2.50. The minimum atomic E-state index is -1.11. The summed E-state index contributed by atoms with van der Waals surface area (Å²) in [5, 5.41) is 23.8. The maximum Gasteiger partial charge on any atom is 0.247 e. The van der Waals surface area contributed by atoms with Gasteiger partial charge in [-0.3, -0.25) is 14.4 Å². The highest BCUT2D eigenvalue weighted by Gasteiger charge is 2.43. The molecule has 0 aliphatic heterocycles. The molecule has 9 nitrogen and oxygen atoms in total. The number of aliphatic hydroxyl groups excluding tert-OH is 2. The second-order valence-corrected chi connectivity index (χ2v) is 11.8. The van der Waals surface area contributed by atoms with Crippen molar-refractivity contribution in [2.75, 3.05) is 20.3 Å². The van der Waals surface area contributed by atoms with Crippen LogP contribution < -0.4 is 14.8 Å². The maximum absolute atomic E-state index is 13.8. The molecule has 3 atom stereocenters. The Balaban J connectivity index is 2.00. The summed E-state index contributed by atoms with van der Waals surface area (Å²) in [5.74, 6) is 0.267. The molecule has 3 unspecified atom stereocenters. The Morgan fingerprint density at radius 2 is 1.93 bits per heavy atom. The molecule has 0 bridgehead atoms. The van der Waals surface area contributed by atoms with Crippen LogP contribution in [0.4, 0.5) is 0 Å². The number of aldehydes is 1. The van der Waals surface area contributed by atoms with Crippen LogP contribution in [0.1, 0.15) is 81.0 Å². The number of benzene rings is 1. The van der Waals surface area contributed by atoms with Crippen LogP contribution in [-0.2, 0) is 9.59 Å². The lowest BCUT2D eigenvalue weighted by atomic mass is 9.86. The maximum atomic E-state index is 13.8. The van der Waals surface area contributed by atoms with E-state index in [4.69, 9.17) is 9.47 Å². The van der Waals surface area contributed by atoms with E-state index < -0.39 is 18.2 Å². The van der Waals surface area contributed by atoms with E-state index >= 15 is 0 Å². The van der Waals surface area contributed by atoms with Gasteiger partial charge < -0.3 is 29.9 Å². The standard InChI is InChI=1S/C31H43IN2O7/c1-3-4-5-10-13-28(37)34(23-11-8-6-7-9-12-23)25-18-22(31(39)33-14-15-35)19-26(29(25)38)41-30-24(32)16-21(20-36)17-27(30)40-2/h3,16-17,19-20,23,25-26,29,35,38H,1,4-15,18H2,2H3,(H,33,39). The van der Waals surface area contributed by atoms with Crippen molar-refractivity contribution >= 4 is 40.7 Å². The Kier molecular flexibility index (Phi) is 13.6. The van der Waals surface area contributed by atoms with Crippen molar-refractivity contribution in [3.63, 3.8) is 0 Å². The highest BCUT2D eigenvalue weighted by atomic mass is 127. The fourth-order valence-corrected chi connectivity index (χ4v) is 6.45. The molecule has 0 radical (unpaired) electrons. The fraction of sp³-hybridized carbons (Fsp3) is 0.581. The monoisotopic (exact) mass is 682 g/mol. The number of carbonyl (C=O) groups excluding carboxylic acids is 3. The van der Waals surface area contributed by atoms with E-state index in [0.29, 0.717) is 32.6 Å². The van der Waals surface area contributed by atoms with Crippen molar-refractivity contribution in [1.29, 1.82) is 0 Å². The van der Waals surface area contributed by atoms with Crippen molar-refractivity contribution in [3.05, 3.63) is 45.6 Å². The number of carbonyl (C=O) groups is 3. The number of methoxy groups -OCH3 is 1. The van der Waals surface area contributed by atoms with Crippen LogP contribution >= 0.6 is 22.6 Å². The molecule has 226 valence electrons. The van der Waals surface area contributed by atoms with Gasteiger partial charge in [0.05, 0.1) is 23.3 Å². The minimum absolute atomic E-state index is 0.0247. The zero-order valence-corrected chi connectivity index (χ0v) is 26.0. The molecule has 0 saturated heterocycles. The minimum Gasteiger partial charge on any atom is -0.493 e. The van der Waals surface area contributed by atoms with E-state index in [0.717, 1.165) is 64.1 Å². The predicted octanol–water partition coefficient (Wildman–Crippen LogP) is 4.33. The Bertz CT molecular complexity index is 1080. The first kappa shape index (κ1) is 33.1. The van der Waals surface area contributed by atoms with Crippen LogP contribution in [0.25, 0.3) is 0 Å². The van der Waals surface area contributed by atoms with Crippen molar-refractivity contribution in [2.45, 2.75) is 94.9 Å². The molecule has 0 aromatic heterocycles. The third-order valence-electron chi connectivity index (χ3n) is 7.77. The van der Waals surface area contributed by atoms with Gasteiger partial charge in [-0.25, -0.2) is 0 Å². The highest BCUT2D eigenvalue weighted by molar-refractivity contribution is 14.1. The van der Waals surface area contributed by atoms with E-state index in [9.17, 15) is 24.6 Å². The number of hydrogen-bond donors (Lipinski definition) is 3. The molecule has 41 heavy (non-hydrogen) atoms. The average molecular weight is 683 g/mol. The molecule has 0 spiro atoms. The number of unbranched alkanes of at least 4 members (excludes halogenated alkanes) is 2. The van der Waals surface area contributed by atoms with Crippen LogP contribution in [0.5, 0.6) is 11.5 Å². The number of allylic oxidation sites excluding steroid dienone is 1. The summed E-state index contributed by atoms with van der Waals surface area (Å²) in [5.41, 5.74) is 0.803. The Morgan fingerprint density at radius 3 is 2.56 bits per heavy atom. The number of nitrogens with one attached hydrogen (secondary N) is 1. The Labute approximate surface area is 256 Å². The molecule has 2 amide bonds. The summed E-state index contributed by atoms with van der Waals surface area (Å²) in [7, 11) is 1.47. The van der Waals surface area contributed by atoms with E-state index in [1.165, 1.54) is 7.11 Å². The average Bonchev–Trinajstić information content (AvgIpc) is 3.26. The van der Waals surface area contributed by atoms with Crippen molar-refractivity contribution in [3.8, 4) is 11.5 Å². The molecule has 0 heterocycles. The molecule has 1 aromatic rings. The number of rotatable bonds is 14. The summed E-state index contributed by atoms with van der Waals surface area (Å²) in [4.78, 5) is 40.2. The Morgan fingerprint density at radius 1 is 1.20 bits per heavy atom. The van der Waals surface area contributed by atoms with Gasteiger partial charge in [0.1, 0.15) is 18.5 Å². The van der Waals surface area contributed by atoms with Crippen molar-refractivity contribution < 1.29 is 34.1 Å². The van der Waals surface area contributed by atoms with Gasteiger partial charge in [-0.15, -0.1) is 6.58 Å². The Hall–Kier alpha value is -2.44. The summed E-state index contributed by atoms with van der Waals surface area (Å²) in [6.07, 6.45) is 10.9. The largest absolute Gasteiger partial charge is 0.493 e. The molecular formula is C31H43IN2O7. The van der Waals surface area contributed by atoms with Gasteiger partial charge in [0.15, 0.2) is 11.5 Å². The summed E-state index contributed by atoms with van der Waals surface area (Å²) >= 11 is 2.04. The number of aliphatic hydroxyl groups is 2. The third kappa shape index (κ3) is 9.02. The normalized spacial score (nSPS) is 21.3. The van der Waals surface area contributed by atoms with Gasteiger partial charge >= 0.3 is 0 Å². The first-order chi connectivity index (χ1) is 19.8. The number of amides is 2. The van der Waals surface area contributed by atoms with E-state index in [-0.39, 0.29) is 37.4 Å². The molecule has 1 aromatic carbocycles. The van der Waals surface area contributed by atoms with Gasteiger partial charge in [0.25, 0.3) is 0 Å². The topological polar surface area (TPSA) is 125 Å². The van der Waals surface area contributed by atoms with Crippen LogP contribution in [0.2, 0.25) is 0 Å². The first-order valence-corrected chi connectivity index (χ1v) is 15.6. The molecule has 1 fully saturated rings. The number of hydrogen-bond acceptors (Lipinski definition) is 7. The van der Waals surface area contributed by atoms with Gasteiger partial charge in [0, 0.05) is 36.6 Å². The summed E-state index contributed by atoms with van der Waals surface area (Å²) < 4.78 is 12.4. The lowest BCUT2D eigenvalue weighted by molar-refractivity contribution is -0.142. The van der Waals surface area contributed by atoms with Crippen molar-refractivity contribution in [2.24, 2.45) is 0 Å². The van der Waals surface area contributed by atoms with E-state index in [1.54, 1.807) is 18.2 Å². The molecule has 2 aliphatic carbocycles. The molecular weight excluding hydrogens is 639 g/mol. The molecule has 2 aliphatic rings. The van der Waals surface area contributed by atoms with E-state index in [2.05, 4.69) is 11.9 Å². The van der Waals surface area contributed by atoms with Crippen LogP contribution in [-0.4, -0.2) is 77.8 Å². The highest BCUT2D eigenvalue weighted by Crippen LogP contribution is 2.38. The lowest BCUT2D eigenvalue weighted by Gasteiger charge is -2.44. The third-order valence-corrected chi connectivity index (χ3v) is 8.57. The van der Waals surface area contributed by atoms with Crippen LogP contribution in [0.15, 0.2) is 36.4 Å². The van der Waals surface area contributed by atoms with E-state index in [1.807, 2.05) is 33.6 Å². The number of ether oxygens (including phenoxy) is 2. The fourth-order valence-electron chi connectivity index (χ4n) is 5.70. The van der Waals surface area contributed by atoms with Gasteiger partial charge in [-0.2, -0.15) is 0 Å².